The molecule has 0 aromatic heterocycles. The van der Waals surface area contributed by atoms with Gasteiger partial charge in [-0.2, -0.15) is 0 Å². The van der Waals surface area contributed by atoms with Crippen LogP contribution in [-0.2, 0) is 15.6 Å². The highest BCUT2D eigenvalue weighted by molar-refractivity contribution is 7.84. The predicted molar refractivity (Wildman–Crippen MR) is 47.2 cm³/mol. The Kier molecular flexibility index (Phi) is 2.18. The third-order valence-electron chi connectivity index (χ3n) is 3.48. The summed E-state index contributed by atoms with van der Waals surface area (Å²) in [6.07, 6.45) is 4.33. The fourth-order valence-electron chi connectivity index (χ4n) is 2.94. The second-order valence-corrected chi connectivity index (χ2v) is 5.80. The second-order valence-electron chi connectivity index (χ2n) is 4.20. The molecule has 2 fully saturated rings. The first-order valence-corrected chi connectivity index (χ1v) is 6.24. The third kappa shape index (κ3) is 1.41. The zero-order valence-electron chi connectivity index (χ0n) is 7.56. The Hall–Kier alpha value is -0.380. The average Bonchev–Trinajstić information content (AvgIpc) is 2.60. The van der Waals surface area contributed by atoms with Crippen molar-refractivity contribution < 1.29 is 14.1 Å². The number of carbonyl (C=O) groups is 1. The molecule has 2 rings (SSSR count). The zero-order valence-corrected chi connectivity index (χ0v) is 8.38. The molecule has 5 atom stereocenters. The summed E-state index contributed by atoms with van der Waals surface area (Å²) in [6, 6.07) is 0. The van der Waals surface area contributed by atoms with Crippen LogP contribution < -0.4 is 5.11 Å². The van der Waals surface area contributed by atoms with Crippen molar-refractivity contribution in [1.82, 2.24) is 0 Å². The van der Waals surface area contributed by atoms with Gasteiger partial charge in [-0.1, -0.05) is 0 Å². The number of rotatable bonds is 2. The van der Waals surface area contributed by atoms with Gasteiger partial charge in [0.25, 0.3) is 0 Å². The topological polar surface area (TPSA) is 57.2 Å². The summed E-state index contributed by atoms with van der Waals surface area (Å²) >= 11 is 0. The van der Waals surface area contributed by atoms with Crippen LogP contribution in [-0.4, -0.2) is 21.7 Å². The van der Waals surface area contributed by atoms with Crippen molar-refractivity contribution in [2.75, 3.05) is 6.26 Å². The molecule has 0 amide bonds. The quantitative estimate of drug-likeness (QED) is 0.607. The molecule has 4 heteroatoms. The molecule has 0 aliphatic heterocycles. The van der Waals surface area contributed by atoms with E-state index in [1.54, 1.807) is 6.26 Å². The Morgan fingerprint density at radius 3 is 2.54 bits per heavy atom. The van der Waals surface area contributed by atoms with Gasteiger partial charge < -0.3 is 9.90 Å². The van der Waals surface area contributed by atoms with Gasteiger partial charge in [-0.3, -0.25) is 4.21 Å². The summed E-state index contributed by atoms with van der Waals surface area (Å²) in [5.74, 6) is -0.655. The lowest BCUT2D eigenvalue weighted by atomic mass is 9.88. The number of carbonyl (C=O) groups excluding carboxylic acids is 1. The summed E-state index contributed by atoms with van der Waals surface area (Å²) in [5.41, 5.74) is 0. The van der Waals surface area contributed by atoms with Crippen molar-refractivity contribution in [3.63, 3.8) is 0 Å². The summed E-state index contributed by atoms with van der Waals surface area (Å²) in [5, 5.41) is 10.9. The van der Waals surface area contributed by atoms with Crippen LogP contribution in [0.5, 0.6) is 0 Å². The van der Waals surface area contributed by atoms with E-state index >= 15 is 0 Å². The minimum atomic E-state index is -0.942. The number of fused-ring (bicyclic) bond motifs is 2. The minimum absolute atomic E-state index is 0.113. The van der Waals surface area contributed by atoms with Gasteiger partial charge in [0.1, 0.15) is 0 Å². The van der Waals surface area contributed by atoms with E-state index in [9.17, 15) is 14.1 Å². The van der Waals surface area contributed by atoms with Crippen LogP contribution >= 0.6 is 0 Å². The summed E-state index contributed by atoms with van der Waals surface area (Å²) < 4.78 is 11.3. The van der Waals surface area contributed by atoms with E-state index in [2.05, 4.69) is 0 Å². The third-order valence-corrected chi connectivity index (χ3v) is 4.88. The van der Waals surface area contributed by atoms with Gasteiger partial charge >= 0.3 is 0 Å². The number of hydrogen-bond donors (Lipinski definition) is 0. The molecular formula is C9H13O3S-. The van der Waals surface area contributed by atoms with Crippen LogP contribution in [0.3, 0.4) is 0 Å². The molecule has 2 aliphatic carbocycles. The Labute approximate surface area is 80.0 Å². The largest absolute Gasteiger partial charge is 0.550 e. The standard InChI is InChI=1S/C9H14O3S/c1-13(12)8-4-5-2-6(8)7(3-5)9(10)11/h5-8H,2-4H2,1H3,(H,10,11)/p-1/t5-,6+,7-,8+,13?/m0/s1. The highest BCUT2D eigenvalue weighted by Crippen LogP contribution is 2.49. The van der Waals surface area contributed by atoms with E-state index in [-0.39, 0.29) is 17.1 Å². The molecule has 3 nitrogen and oxygen atoms in total. The van der Waals surface area contributed by atoms with Crippen molar-refractivity contribution in [2.45, 2.75) is 24.5 Å². The number of carboxylic acid groups (broad SMARTS) is 1. The molecule has 0 saturated heterocycles. The lowest BCUT2D eigenvalue weighted by Gasteiger charge is -2.28. The Balaban J connectivity index is 2.15. The van der Waals surface area contributed by atoms with Crippen LogP contribution in [0.1, 0.15) is 19.3 Å². The van der Waals surface area contributed by atoms with Gasteiger partial charge in [0, 0.05) is 34.2 Å². The molecule has 0 radical (unpaired) electrons. The van der Waals surface area contributed by atoms with Gasteiger partial charge in [0.05, 0.1) is 0 Å². The molecular weight excluding hydrogens is 188 g/mol. The first-order chi connectivity index (χ1) is 6.09. The van der Waals surface area contributed by atoms with E-state index in [0.717, 1.165) is 19.3 Å². The van der Waals surface area contributed by atoms with Gasteiger partial charge in [-0.15, -0.1) is 0 Å². The number of aliphatic carboxylic acids is 1. The normalized spacial score (nSPS) is 45.0. The van der Waals surface area contributed by atoms with Crippen molar-refractivity contribution in [2.24, 2.45) is 17.8 Å². The van der Waals surface area contributed by atoms with Crippen LogP contribution in [0.2, 0.25) is 0 Å². The van der Waals surface area contributed by atoms with Gasteiger partial charge in [-0.05, 0) is 31.1 Å². The van der Waals surface area contributed by atoms with E-state index < -0.39 is 16.8 Å². The molecule has 0 heterocycles. The number of hydrogen-bond acceptors (Lipinski definition) is 3. The minimum Gasteiger partial charge on any atom is -0.550 e. The monoisotopic (exact) mass is 201 g/mol. The van der Waals surface area contributed by atoms with E-state index in [4.69, 9.17) is 0 Å². The maximum Gasteiger partial charge on any atom is 0.0448 e. The number of carboxylic acids is 1. The molecule has 74 valence electrons. The zero-order chi connectivity index (χ0) is 9.59. The molecule has 0 aromatic rings. The van der Waals surface area contributed by atoms with Crippen molar-refractivity contribution in [1.29, 1.82) is 0 Å². The van der Waals surface area contributed by atoms with Crippen LogP contribution in [0.4, 0.5) is 0 Å². The summed E-state index contributed by atoms with van der Waals surface area (Å²) in [4.78, 5) is 10.7. The van der Waals surface area contributed by atoms with Gasteiger partial charge in [-0.25, -0.2) is 0 Å². The fourth-order valence-corrected chi connectivity index (χ4v) is 4.27. The van der Waals surface area contributed by atoms with Gasteiger partial charge in [0.15, 0.2) is 0 Å². The smallest absolute Gasteiger partial charge is 0.0448 e. The highest BCUT2D eigenvalue weighted by Gasteiger charge is 2.47. The Bertz CT molecular complexity index is 240. The lowest BCUT2D eigenvalue weighted by molar-refractivity contribution is -0.313. The van der Waals surface area contributed by atoms with Crippen LogP contribution in [0, 0.1) is 17.8 Å². The molecule has 0 spiro atoms. The Morgan fingerprint density at radius 2 is 2.08 bits per heavy atom. The highest BCUT2D eigenvalue weighted by atomic mass is 32.2. The van der Waals surface area contributed by atoms with Crippen molar-refractivity contribution in [3.05, 3.63) is 0 Å². The SMILES string of the molecule is CS(=O)[C@@H]1C[C@H]2C[C@@H]1[C@@H](C(=O)[O-])C2. The van der Waals surface area contributed by atoms with Gasteiger partial charge in [0.2, 0.25) is 0 Å². The average molecular weight is 201 g/mol. The maximum absolute atomic E-state index is 11.3. The molecule has 13 heavy (non-hydrogen) atoms. The van der Waals surface area contributed by atoms with Crippen molar-refractivity contribution in [3.8, 4) is 0 Å². The summed E-state index contributed by atoms with van der Waals surface area (Å²) in [7, 11) is -0.869. The first-order valence-electron chi connectivity index (χ1n) is 4.62. The van der Waals surface area contributed by atoms with Crippen molar-refractivity contribution >= 4 is 16.8 Å². The van der Waals surface area contributed by atoms with E-state index in [0.29, 0.717) is 5.92 Å². The molecule has 2 aliphatic rings. The maximum atomic E-state index is 11.3. The van der Waals surface area contributed by atoms with Crippen LogP contribution in [0.25, 0.3) is 0 Å². The van der Waals surface area contributed by atoms with E-state index in [1.807, 2.05) is 0 Å². The second kappa shape index (κ2) is 3.08. The first kappa shape index (κ1) is 9.19. The molecule has 1 unspecified atom stereocenters. The Morgan fingerprint density at radius 1 is 1.38 bits per heavy atom. The fraction of sp³-hybridized carbons (Fsp3) is 0.889. The molecule has 0 N–H and O–H groups in total. The predicted octanol–water partition coefficient (Wildman–Crippen LogP) is -0.471. The summed E-state index contributed by atoms with van der Waals surface area (Å²) in [6.45, 7) is 0. The lowest BCUT2D eigenvalue weighted by Crippen LogP contribution is -2.39. The van der Waals surface area contributed by atoms with Crippen LogP contribution in [0.15, 0.2) is 0 Å². The molecule has 2 bridgehead atoms. The molecule has 2 saturated carbocycles. The molecule has 0 aromatic carbocycles. The van der Waals surface area contributed by atoms with E-state index in [1.165, 1.54) is 0 Å².